The van der Waals surface area contributed by atoms with Crippen molar-refractivity contribution in [3.63, 3.8) is 0 Å². The number of carbonyl (C=O) groups excluding carboxylic acids is 1. The molecule has 25 heavy (non-hydrogen) atoms. The Kier molecular flexibility index (Phi) is 4.81. The fourth-order valence-electron chi connectivity index (χ4n) is 2.54. The Morgan fingerprint density at radius 2 is 1.92 bits per heavy atom. The molecular weight excluding hydrogens is 322 g/mol. The first-order valence-electron chi connectivity index (χ1n) is 7.62. The predicted molar refractivity (Wildman–Crippen MR) is 95.0 cm³/mol. The molecule has 0 bridgehead atoms. The highest BCUT2D eigenvalue weighted by atomic mass is 16.5. The number of anilines is 1. The van der Waals surface area contributed by atoms with Crippen LogP contribution in [0.2, 0.25) is 0 Å². The van der Waals surface area contributed by atoms with E-state index in [1.54, 1.807) is 31.4 Å². The Morgan fingerprint density at radius 1 is 1.12 bits per heavy atom. The van der Waals surface area contributed by atoms with E-state index in [9.17, 15) is 9.59 Å². The summed E-state index contributed by atoms with van der Waals surface area (Å²) in [7, 11) is 3.00. The number of ether oxygens (including phenoxy) is 2. The monoisotopic (exact) mass is 339 g/mol. The number of hydrogen-bond donors (Lipinski definition) is 1. The van der Waals surface area contributed by atoms with Gasteiger partial charge < -0.3 is 19.2 Å². The lowest BCUT2D eigenvalue weighted by atomic mass is 10.1. The van der Waals surface area contributed by atoms with Gasteiger partial charge in [0.25, 0.3) is 0 Å². The molecule has 3 aromatic rings. The summed E-state index contributed by atoms with van der Waals surface area (Å²) in [6.07, 6.45) is 0. The lowest BCUT2D eigenvalue weighted by Gasteiger charge is -2.09. The number of nitrogens with one attached hydrogen (secondary N) is 1. The fraction of sp³-hybridized carbons (Fsp3) is 0.158. The van der Waals surface area contributed by atoms with E-state index in [4.69, 9.17) is 13.9 Å². The molecule has 1 aromatic heterocycles. The Labute approximate surface area is 144 Å². The zero-order valence-electron chi connectivity index (χ0n) is 13.9. The van der Waals surface area contributed by atoms with Crippen LogP contribution in [-0.4, -0.2) is 26.7 Å². The number of amides is 1. The molecule has 1 heterocycles. The highest BCUT2D eigenvalue weighted by Crippen LogP contribution is 2.31. The number of carbonyl (C=O) groups is 1. The fourth-order valence-corrected chi connectivity index (χ4v) is 2.54. The predicted octanol–water partition coefficient (Wildman–Crippen LogP) is 3.05. The Balaban J connectivity index is 2.07. The molecule has 0 saturated heterocycles. The molecule has 6 nitrogen and oxygen atoms in total. The van der Waals surface area contributed by atoms with Crippen molar-refractivity contribution in [1.29, 1.82) is 0 Å². The summed E-state index contributed by atoms with van der Waals surface area (Å²) in [5.74, 6) is 0.718. The number of methoxy groups -OCH3 is 2. The van der Waals surface area contributed by atoms with Gasteiger partial charge >= 0.3 is 0 Å². The van der Waals surface area contributed by atoms with Crippen molar-refractivity contribution in [2.75, 3.05) is 26.1 Å². The summed E-state index contributed by atoms with van der Waals surface area (Å²) in [5, 5.41) is 3.12. The lowest BCUT2D eigenvalue weighted by Crippen LogP contribution is -2.17. The quantitative estimate of drug-likeness (QED) is 0.773. The molecule has 0 saturated carbocycles. The van der Waals surface area contributed by atoms with Crippen molar-refractivity contribution < 1.29 is 18.7 Å². The summed E-state index contributed by atoms with van der Waals surface area (Å²) < 4.78 is 16.0. The minimum atomic E-state index is -0.287. The molecule has 0 aliphatic carbocycles. The first-order valence-corrected chi connectivity index (χ1v) is 7.62. The zero-order chi connectivity index (χ0) is 17.8. The van der Waals surface area contributed by atoms with Gasteiger partial charge in [-0.1, -0.05) is 12.1 Å². The van der Waals surface area contributed by atoms with Crippen LogP contribution in [0.5, 0.6) is 5.75 Å². The van der Waals surface area contributed by atoms with Crippen LogP contribution in [0.15, 0.2) is 57.7 Å². The smallest absolute Gasteiger partial charge is 0.250 e. The maximum Gasteiger partial charge on any atom is 0.250 e. The summed E-state index contributed by atoms with van der Waals surface area (Å²) in [6.45, 7) is -0.0523. The molecule has 1 N–H and O–H groups in total. The molecule has 6 heteroatoms. The van der Waals surface area contributed by atoms with Gasteiger partial charge in [-0.15, -0.1) is 0 Å². The summed E-state index contributed by atoms with van der Waals surface area (Å²) >= 11 is 0. The van der Waals surface area contributed by atoms with E-state index in [-0.39, 0.29) is 17.9 Å². The van der Waals surface area contributed by atoms with Gasteiger partial charge in [-0.25, -0.2) is 0 Å². The number of rotatable bonds is 5. The molecule has 0 aliphatic rings. The van der Waals surface area contributed by atoms with E-state index in [2.05, 4.69) is 5.32 Å². The van der Waals surface area contributed by atoms with Crippen molar-refractivity contribution in [1.82, 2.24) is 0 Å². The number of para-hydroxylation sites is 1. The molecule has 1 amide bonds. The van der Waals surface area contributed by atoms with Crippen molar-refractivity contribution in [2.45, 2.75) is 0 Å². The van der Waals surface area contributed by atoms with Crippen LogP contribution in [0.4, 0.5) is 5.69 Å². The standard InChI is InChI=1S/C19H17NO5/c1-23-11-19(22)20-12-7-8-13-15(21)10-18(25-17(13)9-12)14-5-3-4-6-16(14)24-2/h3-10H,11H2,1-2H3,(H,20,22). The Morgan fingerprint density at radius 3 is 2.68 bits per heavy atom. The van der Waals surface area contributed by atoms with Gasteiger partial charge in [-0.05, 0) is 24.3 Å². The zero-order valence-corrected chi connectivity index (χ0v) is 13.9. The molecule has 0 spiro atoms. The highest BCUT2D eigenvalue weighted by molar-refractivity contribution is 5.94. The van der Waals surface area contributed by atoms with Crippen molar-refractivity contribution in [3.05, 3.63) is 58.8 Å². The van der Waals surface area contributed by atoms with Gasteiger partial charge in [0.15, 0.2) is 5.43 Å². The van der Waals surface area contributed by atoms with E-state index in [0.29, 0.717) is 33.7 Å². The van der Waals surface area contributed by atoms with Crippen molar-refractivity contribution in [3.8, 4) is 17.1 Å². The molecule has 0 unspecified atom stereocenters. The van der Waals surface area contributed by atoms with E-state index >= 15 is 0 Å². The second kappa shape index (κ2) is 7.19. The second-order valence-corrected chi connectivity index (χ2v) is 5.37. The molecule has 0 atom stereocenters. The summed E-state index contributed by atoms with van der Waals surface area (Å²) in [4.78, 5) is 24.0. The molecule has 0 fully saturated rings. The van der Waals surface area contributed by atoms with Crippen LogP contribution in [0.25, 0.3) is 22.3 Å². The molecule has 128 valence electrons. The van der Waals surface area contributed by atoms with Gasteiger partial charge in [-0.3, -0.25) is 9.59 Å². The van der Waals surface area contributed by atoms with Crippen LogP contribution >= 0.6 is 0 Å². The Hall–Kier alpha value is -3.12. The summed E-state index contributed by atoms with van der Waals surface area (Å²) in [6, 6.07) is 13.6. The molecule has 0 radical (unpaired) electrons. The van der Waals surface area contributed by atoms with Crippen LogP contribution < -0.4 is 15.5 Å². The third kappa shape index (κ3) is 3.54. The van der Waals surface area contributed by atoms with E-state index in [0.717, 1.165) is 0 Å². The minimum absolute atomic E-state index is 0.0523. The number of benzene rings is 2. The average molecular weight is 339 g/mol. The van der Waals surface area contributed by atoms with Gasteiger partial charge in [-0.2, -0.15) is 0 Å². The third-order valence-corrected chi connectivity index (χ3v) is 3.66. The third-order valence-electron chi connectivity index (χ3n) is 3.66. The highest BCUT2D eigenvalue weighted by Gasteiger charge is 2.12. The Bertz CT molecular complexity index is 977. The van der Waals surface area contributed by atoms with Crippen molar-refractivity contribution in [2.24, 2.45) is 0 Å². The molecular formula is C19H17NO5. The maximum absolute atomic E-state index is 12.4. The number of fused-ring (bicyclic) bond motifs is 1. The van der Waals surface area contributed by atoms with Crippen LogP contribution in [0.1, 0.15) is 0 Å². The van der Waals surface area contributed by atoms with E-state index < -0.39 is 0 Å². The molecule has 2 aromatic carbocycles. The molecule has 0 aliphatic heterocycles. The summed E-state index contributed by atoms with van der Waals surface area (Å²) in [5.41, 5.74) is 1.41. The van der Waals surface area contributed by atoms with Crippen LogP contribution in [-0.2, 0) is 9.53 Å². The SMILES string of the molecule is COCC(=O)Nc1ccc2c(=O)cc(-c3ccccc3OC)oc2c1. The van der Waals surface area contributed by atoms with Crippen molar-refractivity contribution >= 4 is 22.6 Å². The first kappa shape index (κ1) is 16.7. The first-order chi connectivity index (χ1) is 12.1. The van der Waals surface area contributed by atoms with E-state index in [1.807, 2.05) is 18.2 Å². The lowest BCUT2D eigenvalue weighted by molar-refractivity contribution is -0.119. The largest absolute Gasteiger partial charge is 0.496 e. The van der Waals surface area contributed by atoms with Gasteiger partial charge in [0.05, 0.1) is 18.1 Å². The average Bonchev–Trinajstić information content (AvgIpc) is 2.61. The van der Waals surface area contributed by atoms with Gasteiger partial charge in [0, 0.05) is 24.9 Å². The second-order valence-electron chi connectivity index (χ2n) is 5.37. The van der Waals surface area contributed by atoms with Crippen LogP contribution in [0, 0.1) is 0 Å². The minimum Gasteiger partial charge on any atom is -0.496 e. The number of hydrogen-bond acceptors (Lipinski definition) is 5. The van der Waals surface area contributed by atoms with Gasteiger partial charge in [0.2, 0.25) is 5.91 Å². The van der Waals surface area contributed by atoms with Crippen LogP contribution in [0.3, 0.4) is 0 Å². The topological polar surface area (TPSA) is 77.8 Å². The normalized spacial score (nSPS) is 10.6. The van der Waals surface area contributed by atoms with Gasteiger partial charge in [0.1, 0.15) is 23.7 Å². The van der Waals surface area contributed by atoms with E-state index in [1.165, 1.54) is 13.2 Å². The molecule has 3 rings (SSSR count). The maximum atomic E-state index is 12.4.